The summed E-state index contributed by atoms with van der Waals surface area (Å²) in [5, 5.41) is 0.551. The normalized spacial score (nSPS) is 9.12. The van der Waals surface area contributed by atoms with Crippen molar-refractivity contribution in [3.63, 3.8) is 0 Å². The fourth-order valence-corrected chi connectivity index (χ4v) is 0.617. The van der Waals surface area contributed by atoms with Crippen LogP contribution in [-0.4, -0.2) is 4.98 Å². The lowest BCUT2D eigenvalue weighted by atomic mass is 10.4. The summed E-state index contributed by atoms with van der Waals surface area (Å²) in [6.07, 6.45) is 1.81. The number of H-pyrrole nitrogens is 1. The summed E-state index contributed by atoms with van der Waals surface area (Å²) in [5.74, 6) is 0. The van der Waals surface area contributed by atoms with Crippen molar-refractivity contribution in [1.29, 1.82) is 0 Å². The number of hydrogen-bond acceptors (Lipinski definition) is 0. The number of hydrogen-bond donors (Lipinski definition) is 1. The highest BCUT2D eigenvalue weighted by atomic mass is 35.5. The van der Waals surface area contributed by atoms with E-state index in [2.05, 4.69) is 11.6 Å². The molecule has 1 rings (SSSR count). The number of halogens is 1. The standard InChI is InChI=1S/C6H6ClN/c1-5(7)6-3-2-4-8-6/h2-4,8H,1H2. The molecule has 0 atom stereocenters. The molecule has 1 N–H and O–H groups in total. The molecule has 0 saturated heterocycles. The van der Waals surface area contributed by atoms with Gasteiger partial charge in [-0.1, -0.05) is 18.2 Å². The number of aromatic nitrogens is 1. The van der Waals surface area contributed by atoms with Gasteiger partial charge in [0.15, 0.2) is 0 Å². The summed E-state index contributed by atoms with van der Waals surface area (Å²) in [7, 11) is 0. The van der Waals surface area contributed by atoms with Crippen LogP contribution in [0.15, 0.2) is 24.9 Å². The molecule has 1 heterocycles. The van der Waals surface area contributed by atoms with Crippen molar-refractivity contribution >= 4 is 16.6 Å². The highest BCUT2D eigenvalue weighted by molar-refractivity contribution is 6.48. The van der Waals surface area contributed by atoms with E-state index in [0.717, 1.165) is 5.69 Å². The van der Waals surface area contributed by atoms with Crippen molar-refractivity contribution < 1.29 is 0 Å². The third-order valence-corrected chi connectivity index (χ3v) is 1.09. The number of nitrogens with one attached hydrogen (secondary N) is 1. The molecule has 2 heteroatoms. The van der Waals surface area contributed by atoms with E-state index in [1.165, 1.54) is 0 Å². The van der Waals surface area contributed by atoms with Crippen LogP contribution in [0.4, 0.5) is 0 Å². The van der Waals surface area contributed by atoms with Crippen LogP contribution in [0.5, 0.6) is 0 Å². The third-order valence-electron chi connectivity index (χ3n) is 0.890. The Kier molecular flexibility index (Phi) is 1.40. The van der Waals surface area contributed by atoms with Crippen LogP contribution in [0.25, 0.3) is 5.03 Å². The third kappa shape index (κ3) is 0.928. The first kappa shape index (κ1) is 5.45. The SMILES string of the molecule is C=C(Cl)c1ccc[nH]1. The van der Waals surface area contributed by atoms with Gasteiger partial charge < -0.3 is 4.98 Å². The van der Waals surface area contributed by atoms with Crippen molar-refractivity contribution in [3.8, 4) is 0 Å². The van der Waals surface area contributed by atoms with Crippen molar-refractivity contribution in [3.05, 3.63) is 30.6 Å². The summed E-state index contributed by atoms with van der Waals surface area (Å²) >= 11 is 5.52. The van der Waals surface area contributed by atoms with Crippen LogP contribution >= 0.6 is 11.6 Å². The first-order chi connectivity index (χ1) is 3.80. The molecule has 0 aliphatic rings. The van der Waals surface area contributed by atoms with Gasteiger partial charge in [-0.05, 0) is 12.1 Å². The molecule has 1 nitrogen and oxygen atoms in total. The van der Waals surface area contributed by atoms with Crippen molar-refractivity contribution in [1.82, 2.24) is 4.98 Å². The zero-order valence-electron chi connectivity index (χ0n) is 4.32. The topological polar surface area (TPSA) is 15.8 Å². The molecule has 0 unspecified atom stereocenters. The van der Waals surface area contributed by atoms with Gasteiger partial charge in [-0.3, -0.25) is 0 Å². The minimum absolute atomic E-state index is 0.551. The monoisotopic (exact) mass is 127 g/mol. The van der Waals surface area contributed by atoms with Gasteiger partial charge in [-0.15, -0.1) is 0 Å². The maximum atomic E-state index is 5.52. The van der Waals surface area contributed by atoms with Crippen molar-refractivity contribution in [2.24, 2.45) is 0 Å². The fourth-order valence-electron chi connectivity index (χ4n) is 0.499. The molecule has 0 fully saturated rings. The maximum Gasteiger partial charge on any atom is 0.0569 e. The average molecular weight is 128 g/mol. The van der Waals surface area contributed by atoms with Crippen LogP contribution in [0, 0.1) is 0 Å². The van der Waals surface area contributed by atoms with E-state index in [4.69, 9.17) is 11.6 Å². The summed E-state index contributed by atoms with van der Waals surface area (Å²) in [4.78, 5) is 2.91. The van der Waals surface area contributed by atoms with E-state index in [1.54, 1.807) is 0 Å². The van der Waals surface area contributed by atoms with E-state index in [9.17, 15) is 0 Å². The lowest BCUT2D eigenvalue weighted by molar-refractivity contribution is 1.37. The van der Waals surface area contributed by atoms with Crippen molar-refractivity contribution in [2.75, 3.05) is 0 Å². The minimum Gasteiger partial charge on any atom is -0.360 e. The predicted molar refractivity (Wildman–Crippen MR) is 35.7 cm³/mol. The van der Waals surface area contributed by atoms with Gasteiger partial charge in [0.05, 0.1) is 10.7 Å². The second kappa shape index (κ2) is 2.05. The smallest absolute Gasteiger partial charge is 0.0569 e. The van der Waals surface area contributed by atoms with E-state index in [-0.39, 0.29) is 0 Å². The largest absolute Gasteiger partial charge is 0.360 e. The molecule has 0 bridgehead atoms. The molecule has 0 aliphatic carbocycles. The van der Waals surface area contributed by atoms with Crippen LogP contribution in [0.2, 0.25) is 0 Å². The molecule has 0 saturated carbocycles. The Morgan fingerprint density at radius 2 is 2.50 bits per heavy atom. The predicted octanol–water partition coefficient (Wildman–Crippen LogP) is 2.22. The van der Waals surface area contributed by atoms with E-state index >= 15 is 0 Å². The Balaban J connectivity index is 2.93. The molecule has 8 heavy (non-hydrogen) atoms. The van der Waals surface area contributed by atoms with Gasteiger partial charge in [0.1, 0.15) is 0 Å². The second-order valence-electron chi connectivity index (χ2n) is 1.49. The van der Waals surface area contributed by atoms with Crippen LogP contribution < -0.4 is 0 Å². The van der Waals surface area contributed by atoms with Crippen molar-refractivity contribution in [2.45, 2.75) is 0 Å². The quantitative estimate of drug-likeness (QED) is 0.596. The maximum absolute atomic E-state index is 5.52. The lowest BCUT2D eigenvalue weighted by Crippen LogP contribution is -1.69. The summed E-state index contributed by atoms with van der Waals surface area (Å²) in [5.41, 5.74) is 0.881. The zero-order chi connectivity index (χ0) is 5.98. The minimum atomic E-state index is 0.551. The molecule has 1 aromatic rings. The Labute approximate surface area is 53.0 Å². The van der Waals surface area contributed by atoms with E-state index < -0.39 is 0 Å². The fraction of sp³-hybridized carbons (Fsp3) is 0. The molecule has 1 aromatic heterocycles. The average Bonchev–Trinajstić information content (AvgIpc) is 2.12. The highest BCUT2D eigenvalue weighted by Gasteiger charge is 1.90. The summed E-state index contributed by atoms with van der Waals surface area (Å²) < 4.78 is 0. The Morgan fingerprint density at radius 3 is 2.75 bits per heavy atom. The van der Waals surface area contributed by atoms with Gasteiger partial charge in [0.2, 0.25) is 0 Å². The van der Waals surface area contributed by atoms with Crippen LogP contribution in [0.1, 0.15) is 5.69 Å². The van der Waals surface area contributed by atoms with E-state index in [0.29, 0.717) is 5.03 Å². The molecule has 0 spiro atoms. The molecular formula is C6H6ClN. The second-order valence-corrected chi connectivity index (χ2v) is 1.94. The first-order valence-electron chi connectivity index (χ1n) is 2.29. The molecule has 42 valence electrons. The van der Waals surface area contributed by atoms with Gasteiger partial charge in [0, 0.05) is 6.20 Å². The molecule has 0 amide bonds. The van der Waals surface area contributed by atoms with Crippen LogP contribution in [-0.2, 0) is 0 Å². The van der Waals surface area contributed by atoms with Gasteiger partial charge >= 0.3 is 0 Å². The lowest BCUT2D eigenvalue weighted by Gasteiger charge is -1.85. The zero-order valence-corrected chi connectivity index (χ0v) is 5.07. The highest BCUT2D eigenvalue weighted by Crippen LogP contribution is 2.11. The molecular weight excluding hydrogens is 122 g/mol. The number of rotatable bonds is 1. The van der Waals surface area contributed by atoms with Gasteiger partial charge in [-0.25, -0.2) is 0 Å². The summed E-state index contributed by atoms with van der Waals surface area (Å²) in [6.45, 7) is 3.53. The van der Waals surface area contributed by atoms with Gasteiger partial charge in [0.25, 0.3) is 0 Å². The molecule has 0 aromatic carbocycles. The Hall–Kier alpha value is -0.690. The molecule has 0 aliphatic heterocycles. The first-order valence-corrected chi connectivity index (χ1v) is 2.66. The Morgan fingerprint density at radius 1 is 1.75 bits per heavy atom. The Bertz CT molecular complexity index is 176. The summed E-state index contributed by atoms with van der Waals surface area (Å²) in [6, 6.07) is 3.75. The number of aromatic amines is 1. The van der Waals surface area contributed by atoms with E-state index in [1.807, 2.05) is 18.3 Å². The van der Waals surface area contributed by atoms with Gasteiger partial charge in [-0.2, -0.15) is 0 Å². The van der Waals surface area contributed by atoms with Crippen LogP contribution in [0.3, 0.4) is 0 Å². The molecule has 0 radical (unpaired) electrons.